The highest BCUT2D eigenvalue weighted by molar-refractivity contribution is 5.02. The number of nitrogens with one attached hydrogen (secondary N) is 2. The molecular weight excluding hydrogens is 195 g/mol. The number of hydrogen-bond acceptors (Lipinski definition) is 2. The standard InChI is InChI=1S/C8H12F3N3/c1-6(7-2-4-13-14-7)12-5-3-8(9,10)11/h2,4,6,12H,3,5H2,1H3,(H,13,14). The zero-order chi connectivity index (χ0) is 10.6. The lowest BCUT2D eigenvalue weighted by Gasteiger charge is -2.12. The van der Waals surface area contributed by atoms with Crippen LogP contribution < -0.4 is 5.32 Å². The van der Waals surface area contributed by atoms with E-state index in [2.05, 4.69) is 15.5 Å². The Bertz CT molecular complexity index is 255. The van der Waals surface area contributed by atoms with E-state index >= 15 is 0 Å². The monoisotopic (exact) mass is 207 g/mol. The highest BCUT2D eigenvalue weighted by Crippen LogP contribution is 2.19. The van der Waals surface area contributed by atoms with E-state index in [1.165, 1.54) is 0 Å². The van der Waals surface area contributed by atoms with Crippen molar-refractivity contribution >= 4 is 0 Å². The van der Waals surface area contributed by atoms with Crippen molar-refractivity contribution in [2.75, 3.05) is 6.54 Å². The maximum absolute atomic E-state index is 11.8. The molecule has 1 unspecified atom stereocenters. The Labute approximate surface area is 79.7 Å². The maximum Gasteiger partial charge on any atom is 0.390 e. The molecule has 3 nitrogen and oxygen atoms in total. The van der Waals surface area contributed by atoms with Gasteiger partial charge in [0, 0.05) is 18.8 Å². The predicted octanol–water partition coefficient (Wildman–Crippen LogP) is 2.01. The molecule has 1 aromatic rings. The zero-order valence-electron chi connectivity index (χ0n) is 7.73. The molecule has 1 rings (SSSR count). The molecule has 14 heavy (non-hydrogen) atoms. The predicted molar refractivity (Wildman–Crippen MR) is 45.7 cm³/mol. The van der Waals surface area contributed by atoms with Crippen LogP contribution in [-0.2, 0) is 0 Å². The van der Waals surface area contributed by atoms with Crippen LogP contribution in [0.25, 0.3) is 0 Å². The molecule has 0 aliphatic rings. The van der Waals surface area contributed by atoms with E-state index < -0.39 is 12.6 Å². The molecule has 0 radical (unpaired) electrons. The van der Waals surface area contributed by atoms with Gasteiger partial charge in [0.25, 0.3) is 0 Å². The number of rotatable bonds is 4. The molecule has 0 aromatic carbocycles. The van der Waals surface area contributed by atoms with Crippen molar-refractivity contribution < 1.29 is 13.2 Å². The third-order valence-corrected chi connectivity index (χ3v) is 1.85. The number of nitrogens with zero attached hydrogens (tertiary/aromatic N) is 1. The van der Waals surface area contributed by atoms with Gasteiger partial charge in [-0.15, -0.1) is 0 Å². The van der Waals surface area contributed by atoms with Crippen LogP contribution in [-0.4, -0.2) is 22.9 Å². The van der Waals surface area contributed by atoms with Gasteiger partial charge < -0.3 is 5.32 Å². The number of aromatic nitrogens is 2. The number of halogens is 3. The van der Waals surface area contributed by atoms with E-state index in [4.69, 9.17) is 0 Å². The van der Waals surface area contributed by atoms with Gasteiger partial charge in [-0.25, -0.2) is 0 Å². The van der Waals surface area contributed by atoms with Gasteiger partial charge in [0.1, 0.15) is 0 Å². The van der Waals surface area contributed by atoms with Crippen LogP contribution >= 0.6 is 0 Å². The van der Waals surface area contributed by atoms with Crippen molar-refractivity contribution in [3.63, 3.8) is 0 Å². The molecule has 0 amide bonds. The molecule has 0 spiro atoms. The smallest absolute Gasteiger partial charge is 0.309 e. The SMILES string of the molecule is CC(NCCC(F)(F)F)c1ccn[nH]1. The molecule has 6 heteroatoms. The minimum atomic E-state index is -4.10. The molecule has 0 fully saturated rings. The highest BCUT2D eigenvalue weighted by atomic mass is 19.4. The van der Waals surface area contributed by atoms with Gasteiger partial charge in [-0.2, -0.15) is 18.3 Å². The summed E-state index contributed by atoms with van der Waals surface area (Å²) in [4.78, 5) is 0. The number of hydrogen-bond donors (Lipinski definition) is 2. The minimum absolute atomic E-state index is 0.0797. The summed E-state index contributed by atoms with van der Waals surface area (Å²) in [6.45, 7) is 1.70. The van der Waals surface area contributed by atoms with Crippen molar-refractivity contribution in [3.8, 4) is 0 Å². The first-order valence-corrected chi connectivity index (χ1v) is 4.28. The first kappa shape index (κ1) is 11.0. The van der Waals surface area contributed by atoms with Crippen molar-refractivity contribution in [2.45, 2.75) is 25.6 Å². The second-order valence-corrected chi connectivity index (χ2v) is 3.05. The van der Waals surface area contributed by atoms with Crippen molar-refractivity contribution in [1.29, 1.82) is 0 Å². The van der Waals surface area contributed by atoms with Crippen LogP contribution in [0.4, 0.5) is 13.2 Å². The Hall–Kier alpha value is -1.04. The van der Waals surface area contributed by atoms with Crippen LogP contribution in [0.15, 0.2) is 12.3 Å². The third kappa shape index (κ3) is 3.78. The average molecular weight is 207 g/mol. The molecule has 0 saturated carbocycles. The Morgan fingerprint density at radius 3 is 2.79 bits per heavy atom. The first-order valence-electron chi connectivity index (χ1n) is 4.28. The highest BCUT2D eigenvalue weighted by Gasteiger charge is 2.26. The second-order valence-electron chi connectivity index (χ2n) is 3.05. The number of H-pyrrole nitrogens is 1. The lowest BCUT2D eigenvalue weighted by Crippen LogP contribution is -2.24. The molecule has 0 saturated heterocycles. The fourth-order valence-corrected chi connectivity index (χ4v) is 1.05. The second kappa shape index (κ2) is 4.45. The van der Waals surface area contributed by atoms with Crippen LogP contribution in [0, 0.1) is 0 Å². The number of alkyl halides is 3. The summed E-state index contributed by atoms with van der Waals surface area (Å²) in [5, 5.41) is 9.15. The number of aromatic amines is 1. The van der Waals surface area contributed by atoms with Gasteiger partial charge in [0.15, 0.2) is 0 Å². The summed E-state index contributed by atoms with van der Waals surface area (Å²) >= 11 is 0. The van der Waals surface area contributed by atoms with Crippen LogP contribution in [0.1, 0.15) is 25.1 Å². The third-order valence-electron chi connectivity index (χ3n) is 1.85. The summed E-state index contributed by atoms with van der Waals surface area (Å²) in [5.41, 5.74) is 0.784. The Kier molecular flexibility index (Phi) is 3.51. The zero-order valence-corrected chi connectivity index (χ0v) is 7.73. The van der Waals surface area contributed by atoms with Gasteiger partial charge in [-0.05, 0) is 13.0 Å². The topological polar surface area (TPSA) is 40.7 Å². The quantitative estimate of drug-likeness (QED) is 0.792. The summed E-state index contributed by atoms with van der Waals surface area (Å²) in [6, 6.07) is 1.59. The van der Waals surface area contributed by atoms with Crippen molar-refractivity contribution in [2.24, 2.45) is 0 Å². The average Bonchev–Trinajstić information content (AvgIpc) is 2.53. The maximum atomic E-state index is 11.8. The van der Waals surface area contributed by atoms with Crippen LogP contribution in [0.5, 0.6) is 0 Å². The van der Waals surface area contributed by atoms with E-state index in [-0.39, 0.29) is 12.6 Å². The Morgan fingerprint density at radius 2 is 2.29 bits per heavy atom. The molecule has 1 atom stereocenters. The molecule has 0 bridgehead atoms. The largest absolute Gasteiger partial charge is 0.390 e. The summed E-state index contributed by atoms with van der Waals surface area (Å²) < 4.78 is 35.4. The Balaban J connectivity index is 2.26. The lowest BCUT2D eigenvalue weighted by molar-refractivity contribution is -0.133. The molecule has 2 N–H and O–H groups in total. The normalized spacial score (nSPS) is 14.3. The van der Waals surface area contributed by atoms with Crippen molar-refractivity contribution in [1.82, 2.24) is 15.5 Å². The van der Waals surface area contributed by atoms with Crippen LogP contribution in [0.2, 0.25) is 0 Å². The molecule has 1 heterocycles. The summed E-state index contributed by atoms with van der Waals surface area (Å²) in [7, 11) is 0. The van der Waals surface area contributed by atoms with Crippen LogP contribution in [0.3, 0.4) is 0 Å². The van der Waals surface area contributed by atoms with E-state index in [0.29, 0.717) is 0 Å². The first-order chi connectivity index (χ1) is 6.49. The van der Waals surface area contributed by atoms with E-state index in [9.17, 15) is 13.2 Å². The Morgan fingerprint density at radius 1 is 1.57 bits per heavy atom. The van der Waals surface area contributed by atoms with E-state index in [0.717, 1.165) is 5.69 Å². The van der Waals surface area contributed by atoms with Crippen molar-refractivity contribution in [3.05, 3.63) is 18.0 Å². The van der Waals surface area contributed by atoms with Gasteiger partial charge in [-0.3, -0.25) is 5.10 Å². The fourth-order valence-electron chi connectivity index (χ4n) is 1.05. The minimum Gasteiger partial charge on any atom is -0.309 e. The van der Waals surface area contributed by atoms with Gasteiger partial charge in [-0.1, -0.05) is 0 Å². The van der Waals surface area contributed by atoms with Gasteiger partial charge >= 0.3 is 6.18 Å². The summed E-state index contributed by atoms with van der Waals surface area (Å²) in [6.07, 6.45) is -3.34. The summed E-state index contributed by atoms with van der Waals surface area (Å²) in [5.74, 6) is 0. The van der Waals surface area contributed by atoms with E-state index in [1.54, 1.807) is 19.2 Å². The molecule has 0 aliphatic carbocycles. The van der Waals surface area contributed by atoms with Gasteiger partial charge in [0.05, 0.1) is 12.1 Å². The van der Waals surface area contributed by atoms with E-state index in [1.807, 2.05) is 0 Å². The molecule has 80 valence electrons. The molecule has 1 aromatic heterocycles. The lowest BCUT2D eigenvalue weighted by atomic mass is 10.2. The molecule has 0 aliphatic heterocycles. The molecular formula is C8H12F3N3. The fraction of sp³-hybridized carbons (Fsp3) is 0.625. The van der Waals surface area contributed by atoms with Gasteiger partial charge in [0.2, 0.25) is 0 Å².